The highest BCUT2D eigenvalue weighted by molar-refractivity contribution is 5.77. The molecule has 4 rings (SSSR count). The number of aromatic nitrogens is 3. The van der Waals surface area contributed by atoms with Crippen LogP contribution in [0.4, 0.5) is 29.2 Å². The van der Waals surface area contributed by atoms with E-state index in [2.05, 4.69) is 20.3 Å². The SMILES string of the molecule is CCOC(=O)[C@@H](c1ccncc1)N1CC[C@H](CNc2ncnc(N(CC)Cc3ccc(C(F)(F)F)cc3)c2F)[C@@H](O)C1. The summed E-state index contributed by atoms with van der Waals surface area (Å²) in [5, 5.41) is 13.9. The first kappa shape index (κ1) is 31.1. The smallest absolute Gasteiger partial charge is 0.416 e. The summed E-state index contributed by atoms with van der Waals surface area (Å²) < 4.78 is 59.5. The Morgan fingerprint density at radius 1 is 1.17 bits per heavy atom. The van der Waals surface area contributed by atoms with Crippen LogP contribution < -0.4 is 10.2 Å². The number of hydrogen-bond donors (Lipinski definition) is 2. The molecule has 1 aromatic carbocycles. The Bertz CT molecular complexity index is 1310. The van der Waals surface area contributed by atoms with Gasteiger partial charge < -0.3 is 20.1 Å². The monoisotopic (exact) mass is 590 g/mol. The molecule has 0 radical (unpaired) electrons. The molecule has 2 N–H and O–H groups in total. The van der Waals surface area contributed by atoms with Crippen molar-refractivity contribution in [2.75, 3.05) is 43.0 Å². The number of benzene rings is 1. The van der Waals surface area contributed by atoms with E-state index in [-0.39, 0.29) is 43.8 Å². The number of hydrogen-bond acceptors (Lipinski definition) is 9. The summed E-state index contributed by atoms with van der Waals surface area (Å²) in [4.78, 5) is 28.4. The minimum atomic E-state index is -4.44. The van der Waals surface area contributed by atoms with Gasteiger partial charge in [-0.15, -0.1) is 0 Å². The second-order valence-electron chi connectivity index (χ2n) is 10.00. The van der Waals surface area contributed by atoms with E-state index in [1.165, 1.54) is 18.5 Å². The zero-order chi connectivity index (χ0) is 30.3. The number of aliphatic hydroxyl groups excluding tert-OH is 1. The minimum absolute atomic E-state index is 0.0138. The number of pyridine rings is 1. The van der Waals surface area contributed by atoms with E-state index in [1.54, 1.807) is 43.3 Å². The van der Waals surface area contributed by atoms with Gasteiger partial charge in [0.1, 0.15) is 12.4 Å². The van der Waals surface area contributed by atoms with Crippen LogP contribution in [0.15, 0.2) is 55.1 Å². The molecule has 0 aliphatic carbocycles. The van der Waals surface area contributed by atoms with Crippen LogP contribution in [0.1, 0.15) is 43.0 Å². The van der Waals surface area contributed by atoms with Crippen LogP contribution in [0.5, 0.6) is 0 Å². The number of halogens is 4. The lowest BCUT2D eigenvalue weighted by Gasteiger charge is -2.39. The maximum atomic E-state index is 15.5. The predicted octanol–water partition coefficient (Wildman–Crippen LogP) is 4.46. The summed E-state index contributed by atoms with van der Waals surface area (Å²) >= 11 is 0. The molecule has 42 heavy (non-hydrogen) atoms. The van der Waals surface area contributed by atoms with Gasteiger partial charge in [-0.25, -0.2) is 14.8 Å². The van der Waals surface area contributed by atoms with Gasteiger partial charge in [0.15, 0.2) is 11.6 Å². The number of likely N-dealkylation sites (tertiary alicyclic amines) is 1. The lowest BCUT2D eigenvalue weighted by molar-refractivity contribution is -0.151. The quantitative estimate of drug-likeness (QED) is 0.248. The fourth-order valence-corrected chi connectivity index (χ4v) is 5.03. The van der Waals surface area contributed by atoms with Crippen LogP contribution >= 0.6 is 0 Å². The number of β-amino-alcohol motifs (C(OH)–C–C–N with tert-alkyl or cyclic N) is 1. The Balaban J connectivity index is 1.40. The maximum Gasteiger partial charge on any atom is 0.416 e. The molecule has 2 aromatic heterocycles. The number of nitrogens with zero attached hydrogens (tertiary/aromatic N) is 5. The molecular weight excluding hydrogens is 556 g/mol. The first-order chi connectivity index (χ1) is 20.1. The van der Waals surface area contributed by atoms with Gasteiger partial charge in [0.25, 0.3) is 0 Å². The number of rotatable bonds is 11. The summed E-state index contributed by atoms with van der Waals surface area (Å²) in [6, 6.07) is 7.52. The molecule has 13 heteroatoms. The zero-order valence-electron chi connectivity index (χ0n) is 23.4. The van der Waals surface area contributed by atoms with Crippen molar-refractivity contribution < 1.29 is 32.2 Å². The van der Waals surface area contributed by atoms with Crippen LogP contribution in [0.3, 0.4) is 0 Å². The van der Waals surface area contributed by atoms with Gasteiger partial charge in [-0.1, -0.05) is 12.1 Å². The number of aliphatic hydroxyl groups is 1. The highest BCUT2D eigenvalue weighted by atomic mass is 19.4. The van der Waals surface area contributed by atoms with E-state index in [1.807, 2.05) is 4.90 Å². The van der Waals surface area contributed by atoms with Crippen LogP contribution in [0.25, 0.3) is 0 Å². The van der Waals surface area contributed by atoms with E-state index in [0.717, 1.165) is 17.7 Å². The molecule has 0 amide bonds. The second-order valence-corrected chi connectivity index (χ2v) is 10.00. The molecule has 0 unspecified atom stereocenters. The van der Waals surface area contributed by atoms with Crippen molar-refractivity contribution in [2.24, 2.45) is 5.92 Å². The highest BCUT2D eigenvalue weighted by Crippen LogP contribution is 2.31. The highest BCUT2D eigenvalue weighted by Gasteiger charge is 2.36. The molecule has 1 fully saturated rings. The van der Waals surface area contributed by atoms with Crippen molar-refractivity contribution in [3.8, 4) is 0 Å². The second kappa shape index (κ2) is 13.9. The van der Waals surface area contributed by atoms with Crippen LogP contribution in [-0.2, 0) is 22.3 Å². The third-order valence-corrected chi connectivity index (χ3v) is 7.29. The third kappa shape index (κ3) is 7.51. The van der Waals surface area contributed by atoms with Gasteiger partial charge in [0.05, 0.1) is 18.3 Å². The molecule has 3 heterocycles. The van der Waals surface area contributed by atoms with Crippen LogP contribution in [0.2, 0.25) is 0 Å². The van der Waals surface area contributed by atoms with Crippen molar-refractivity contribution in [1.29, 1.82) is 0 Å². The summed E-state index contributed by atoms with van der Waals surface area (Å²) in [5.74, 6) is -1.37. The molecule has 3 aromatic rings. The molecule has 9 nitrogen and oxygen atoms in total. The van der Waals surface area contributed by atoms with E-state index >= 15 is 4.39 Å². The zero-order valence-corrected chi connectivity index (χ0v) is 23.4. The van der Waals surface area contributed by atoms with Gasteiger partial charge >= 0.3 is 12.1 Å². The molecule has 0 saturated carbocycles. The first-order valence-electron chi connectivity index (χ1n) is 13.8. The Morgan fingerprint density at radius 2 is 1.88 bits per heavy atom. The molecule has 226 valence electrons. The number of esters is 1. The summed E-state index contributed by atoms with van der Waals surface area (Å²) in [5.41, 5.74) is 0.538. The van der Waals surface area contributed by atoms with Crippen molar-refractivity contribution >= 4 is 17.6 Å². The topological polar surface area (TPSA) is 104 Å². The van der Waals surface area contributed by atoms with Crippen molar-refractivity contribution in [1.82, 2.24) is 19.9 Å². The van der Waals surface area contributed by atoms with Crippen LogP contribution in [-0.4, -0.2) is 69.8 Å². The lowest BCUT2D eigenvalue weighted by atomic mass is 9.91. The summed E-state index contributed by atoms with van der Waals surface area (Å²) in [7, 11) is 0. The van der Waals surface area contributed by atoms with E-state index < -0.39 is 35.7 Å². The molecule has 3 atom stereocenters. The van der Waals surface area contributed by atoms with Gasteiger partial charge in [-0.2, -0.15) is 17.6 Å². The average Bonchev–Trinajstić information content (AvgIpc) is 2.97. The van der Waals surface area contributed by atoms with Gasteiger partial charge in [-0.3, -0.25) is 9.88 Å². The number of piperidine rings is 1. The van der Waals surface area contributed by atoms with Crippen molar-refractivity contribution in [2.45, 2.75) is 45.1 Å². The Hall–Kier alpha value is -3.84. The number of carbonyl (C=O) groups is 1. The van der Waals surface area contributed by atoms with Crippen molar-refractivity contribution in [3.63, 3.8) is 0 Å². The number of ether oxygens (including phenoxy) is 1. The van der Waals surface area contributed by atoms with Crippen LogP contribution in [0, 0.1) is 11.7 Å². The Morgan fingerprint density at radius 3 is 2.50 bits per heavy atom. The molecule has 1 aliphatic rings. The summed E-state index contributed by atoms with van der Waals surface area (Å²) in [6.45, 7) is 5.21. The number of nitrogens with one attached hydrogen (secondary N) is 1. The Kier molecular flexibility index (Phi) is 10.3. The average molecular weight is 591 g/mol. The van der Waals surface area contributed by atoms with Gasteiger partial charge in [-0.05, 0) is 62.2 Å². The van der Waals surface area contributed by atoms with Gasteiger partial charge in [0, 0.05) is 44.5 Å². The fraction of sp³-hybridized carbons (Fsp3) is 0.448. The lowest BCUT2D eigenvalue weighted by Crippen LogP contribution is -2.49. The minimum Gasteiger partial charge on any atom is -0.465 e. The molecule has 1 aliphatic heterocycles. The van der Waals surface area contributed by atoms with Gasteiger partial charge in [0.2, 0.25) is 5.82 Å². The number of carbonyl (C=O) groups excluding carboxylic acids is 1. The normalized spacial score (nSPS) is 18.4. The number of anilines is 2. The molecule has 0 bridgehead atoms. The maximum absolute atomic E-state index is 15.5. The number of alkyl halides is 3. The Labute approximate surface area is 241 Å². The van der Waals surface area contributed by atoms with Crippen molar-refractivity contribution in [3.05, 3.63) is 77.6 Å². The predicted molar refractivity (Wildman–Crippen MR) is 148 cm³/mol. The van der Waals surface area contributed by atoms with E-state index in [9.17, 15) is 23.1 Å². The molecule has 1 saturated heterocycles. The standard InChI is InChI=1S/C29H34F4N6O3/c1-3-38(16-19-5-7-22(8-6-19)29(31,32)33)27-24(30)26(36-18-37-27)35-15-21-11-14-39(17-23(21)40)25(28(41)42-4-2)20-9-12-34-13-10-20/h5-10,12-13,18,21,23,25,40H,3-4,11,14-17H2,1-2H3,(H,35,36,37)/t21-,23+,25-/m1/s1. The first-order valence-corrected chi connectivity index (χ1v) is 13.8. The summed E-state index contributed by atoms with van der Waals surface area (Å²) in [6.07, 6.45) is -0.293. The third-order valence-electron chi connectivity index (χ3n) is 7.29. The van der Waals surface area contributed by atoms with E-state index in [4.69, 9.17) is 4.74 Å². The molecular formula is C29H34F4N6O3. The molecule has 0 spiro atoms. The fourth-order valence-electron chi connectivity index (χ4n) is 5.03. The van der Waals surface area contributed by atoms with E-state index in [0.29, 0.717) is 25.1 Å². The largest absolute Gasteiger partial charge is 0.465 e.